The molecule has 0 amide bonds. The van der Waals surface area contributed by atoms with E-state index >= 15 is 0 Å². The third-order valence-corrected chi connectivity index (χ3v) is 3.95. The Labute approximate surface area is 93.3 Å². The van der Waals surface area contributed by atoms with Crippen LogP contribution in [0.4, 0.5) is 0 Å². The minimum atomic E-state index is -0.861. The van der Waals surface area contributed by atoms with Crippen LogP contribution < -0.4 is 0 Å². The van der Waals surface area contributed by atoms with E-state index in [9.17, 15) is 4.79 Å². The van der Waals surface area contributed by atoms with Crippen molar-refractivity contribution in [3.63, 3.8) is 0 Å². The van der Waals surface area contributed by atoms with Crippen LogP contribution in [-0.2, 0) is 0 Å². The lowest BCUT2D eigenvalue weighted by Gasteiger charge is -1.96. The fourth-order valence-corrected chi connectivity index (χ4v) is 2.61. The van der Waals surface area contributed by atoms with E-state index in [2.05, 4.69) is 15.9 Å². The molecule has 0 aliphatic carbocycles. The first-order valence-electron chi connectivity index (χ1n) is 4.01. The first kappa shape index (κ1) is 9.68. The number of aryl methyl sites for hydroxylation is 1. The molecule has 14 heavy (non-hydrogen) atoms. The lowest BCUT2D eigenvalue weighted by Crippen LogP contribution is -1.89. The summed E-state index contributed by atoms with van der Waals surface area (Å²) in [7, 11) is 0. The Hall–Kier alpha value is -0.870. The van der Waals surface area contributed by atoms with Gasteiger partial charge in [-0.25, -0.2) is 4.79 Å². The second-order valence-electron chi connectivity index (χ2n) is 3.06. The highest BCUT2D eigenvalue weighted by Crippen LogP contribution is 2.30. The molecule has 1 N–H and O–H groups in total. The maximum absolute atomic E-state index is 10.7. The van der Waals surface area contributed by atoms with Crippen molar-refractivity contribution in [1.82, 2.24) is 0 Å². The summed E-state index contributed by atoms with van der Waals surface area (Å²) in [6.45, 7) is 1.99. The fourth-order valence-electron chi connectivity index (χ4n) is 1.27. The van der Waals surface area contributed by atoms with E-state index in [4.69, 9.17) is 5.11 Å². The van der Waals surface area contributed by atoms with Crippen LogP contribution in [0, 0.1) is 6.92 Å². The van der Waals surface area contributed by atoms with E-state index in [0.29, 0.717) is 4.88 Å². The Morgan fingerprint density at radius 1 is 1.43 bits per heavy atom. The number of carbonyl (C=O) groups is 1. The van der Waals surface area contributed by atoms with Crippen LogP contribution in [0.25, 0.3) is 10.1 Å². The number of benzene rings is 1. The van der Waals surface area contributed by atoms with Crippen LogP contribution in [0.15, 0.2) is 22.7 Å². The van der Waals surface area contributed by atoms with Crippen molar-refractivity contribution in [2.24, 2.45) is 0 Å². The molecule has 2 nitrogen and oxygen atoms in total. The summed E-state index contributed by atoms with van der Waals surface area (Å²) in [5, 5.41) is 9.80. The topological polar surface area (TPSA) is 37.3 Å². The van der Waals surface area contributed by atoms with Crippen LogP contribution in [0.1, 0.15) is 15.2 Å². The number of hydrogen-bond acceptors (Lipinski definition) is 2. The Morgan fingerprint density at radius 2 is 2.14 bits per heavy atom. The van der Waals surface area contributed by atoms with Crippen LogP contribution in [0.3, 0.4) is 0 Å². The monoisotopic (exact) mass is 270 g/mol. The third kappa shape index (κ3) is 1.55. The number of aromatic carboxylic acids is 1. The summed E-state index contributed by atoms with van der Waals surface area (Å²) < 4.78 is 2.03. The Kier molecular flexibility index (Phi) is 2.33. The zero-order valence-electron chi connectivity index (χ0n) is 7.37. The molecule has 1 aromatic carbocycles. The zero-order valence-corrected chi connectivity index (χ0v) is 9.78. The van der Waals surface area contributed by atoms with E-state index < -0.39 is 5.97 Å². The molecule has 0 saturated heterocycles. The molecule has 1 aromatic heterocycles. The van der Waals surface area contributed by atoms with E-state index in [1.54, 1.807) is 6.07 Å². The zero-order chi connectivity index (χ0) is 10.3. The molecule has 0 atom stereocenters. The first-order valence-corrected chi connectivity index (χ1v) is 5.62. The van der Waals surface area contributed by atoms with Gasteiger partial charge in [0.1, 0.15) is 4.88 Å². The quantitative estimate of drug-likeness (QED) is 0.859. The molecule has 0 fully saturated rings. The minimum absolute atomic E-state index is 0.387. The van der Waals surface area contributed by atoms with Gasteiger partial charge in [0.25, 0.3) is 0 Å². The van der Waals surface area contributed by atoms with Gasteiger partial charge < -0.3 is 5.11 Å². The summed E-state index contributed by atoms with van der Waals surface area (Å²) >= 11 is 4.73. The molecule has 0 radical (unpaired) electrons. The highest BCUT2D eigenvalue weighted by molar-refractivity contribution is 9.10. The van der Waals surface area contributed by atoms with E-state index in [0.717, 1.165) is 20.1 Å². The number of fused-ring (bicyclic) bond motifs is 1. The van der Waals surface area contributed by atoms with Gasteiger partial charge in [0, 0.05) is 9.17 Å². The van der Waals surface area contributed by atoms with Gasteiger partial charge in [-0.3, -0.25) is 0 Å². The molecule has 1 heterocycles. The number of carboxylic acids is 1. The number of thiophene rings is 1. The Morgan fingerprint density at radius 3 is 2.79 bits per heavy atom. The van der Waals surface area contributed by atoms with E-state index in [-0.39, 0.29) is 0 Å². The molecule has 2 rings (SSSR count). The van der Waals surface area contributed by atoms with Crippen molar-refractivity contribution in [3.05, 3.63) is 33.1 Å². The molecule has 4 heteroatoms. The van der Waals surface area contributed by atoms with Crippen molar-refractivity contribution in [2.75, 3.05) is 0 Å². The summed E-state index contributed by atoms with van der Waals surface area (Å²) in [4.78, 5) is 11.1. The lowest BCUT2D eigenvalue weighted by molar-refractivity contribution is 0.0702. The highest BCUT2D eigenvalue weighted by atomic mass is 79.9. The maximum atomic E-state index is 10.7. The van der Waals surface area contributed by atoms with Crippen LogP contribution >= 0.6 is 27.3 Å². The van der Waals surface area contributed by atoms with E-state index in [1.165, 1.54) is 11.3 Å². The summed E-state index contributed by atoms with van der Waals surface area (Å²) in [6, 6.07) is 5.65. The summed E-state index contributed by atoms with van der Waals surface area (Å²) in [5.74, 6) is -0.861. The van der Waals surface area contributed by atoms with Crippen LogP contribution in [-0.4, -0.2) is 11.1 Å². The number of carboxylic acid groups (broad SMARTS) is 1. The molecular weight excluding hydrogens is 264 g/mol. The van der Waals surface area contributed by atoms with Crippen molar-refractivity contribution >= 4 is 43.3 Å². The molecule has 0 bridgehead atoms. The van der Waals surface area contributed by atoms with Crippen LogP contribution in [0.5, 0.6) is 0 Å². The normalized spacial score (nSPS) is 10.7. The van der Waals surface area contributed by atoms with Gasteiger partial charge in [-0.1, -0.05) is 15.9 Å². The van der Waals surface area contributed by atoms with E-state index in [1.807, 2.05) is 19.1 Å². The van der Waals surface area contributed by atoms with Crippen molar-refractivity contribution in [2.45, 2.75) is 6.92 Å². The molecule has 0 aliphatic heterocycles. The molecule has 0 aliphatic rings. The maximum Gasteiger partial charge on any atom is 0.345 e. The van der Waals surface area contributed by atoms with Gasteiger partial charge in [0.15, 0.2) is 0 Å². The average Bonchev–Trinajstić information content (AvgIpc) is 2.48. The predicted molar refractivity (Wildman–Crippen MR) is 61.2 cm³/mol. The highest BCUT2D eigenvalue weighted by Gasteiger charge is 2.09. The molecule has 0 unspecified atom stereocenters. The smallest absolute Gasteiger partial charge is 0.345 e. The largest absolute Gasteiger partial charge is 0.477 e. The number of rotatable bonds is 1. The second-order valence-corrected chi connectivity index (χ2v) is 4.99. The Bertz CT molecular complexity index is 477. The number of halogens is 1. The van der Waals surface area contributed by atoms with Gasteiger partial charge in [-0.2, -0.15) is 0 Å². The minimum Gasteiger partial charge on any atom is -0.477 e. The Balaban J connectivity index is 2.72. The standard InChI is InChI=1S/C10H7BrO2S/c1-5-2-8-6(3-7(5)11)4-9(14-8)10(12)13/h2-4H,1H3,(H,12,13). The van der Waals surface area contributed by atoms with Crippen molar-refractivity contribution < 1.29 is 9.90 Å². The lowest BCUT2D eigenvalue weighted by atomic mass is 10.2. The fraction of sp³-hybridized carbons (Fsp3) is 0.100. The average molecular weight is 271 g/mol. The van der Waals surface area contributed by atoms with Crippen LogP contribution in [0.2, 0.25) is 0 Å². The molecule has 72 valence electrons. The summed E-state index contributed by atoms with van der Waals surface area (Å²) in [6.07, 6.45) is 0. The predicted octanol–water partition coefficient (Wildman–Crippen LogP) is 3.67. The SMILES string of the molecule is Cc1cc2sc(C(=O)O)cc2cc1Br. The van der Waals surface area contributed by atoms with Gasteiger partial charge >= 0.3 is 5.97 Å². The first-order chi connectivity index (χ1) is 6.58. The van der Waals surface area contributed by atoms with Crippen molar-refractivity contribution in [3.8, 4) is 0 Å². The van der Waals surface area contributed by atoms with Crippen molar-refractivity contribution in [1.29, 1.82) is 0 Å². The molecular formula is C10H7BrO2S. The van der Waals surface area contributed by atoms with Gasteiger partial charge in [0.05, 0.1) is 0 Å². The van der Waals surface area contributed by atoms with Gasteiger partial charge in [-0.05, 0) is 36.1 Å². The molecule has 0 spiro atoms. The summed E-state index contributed by atoms with van der Waals surface area (Å²) in [5.41, 5.74) is 1.12. The molecule has 0 saturated carbocycles. The molecule has 2 aromatic rings. The second kappa shape index (κ2) is 3.37. The third-order valence-electron chi connectivity index (χ3n) is 2.01. The number of hydrogen-bond donors (Lipinski definition) is 1. The van der Waals surface area contributed by atoms with Gasteiger partial charge in [-0.15, -0.1) is 11.3 Å². The van der Waals surface area contributed by atoms with Gasteiger partial charge in [0.2, 0.25) is 0 Å².